The third-order valence-corrected chi connectivity index (χ3v) is 5.11. The molecule has 3 rings (SSSR count). The van der Waals surface area contributed by atoms with Crippen LogP contribution < -0.4 is 5.32 Å². The second-order valence-corrected chi connectivity index (χ2v) is 6.68. The Morgan fingerprint density at radius 1 is 1.38 bits per heavy atom. The average Bonchev–Trinajstić information content (AvgIpc) is 3.05. The number of thiazole rings is 1. The quantitative estimate of drug-likeness (QED) is 0.832. The number of aryl methyl sites for hydroxylation is 3. The van der Waals surface area contributed by atoms with Crippen LogP contribution in [0.5, 0.6) is 0 Å². The second-order valence-electron chi connectivity index (χ2n) is 5.57. The highest BCUT2D eigenvalue weighted by atomic mass is 32.1. The van der Waals surface area contributed by atoms with Crippen LogP contribution in [0.4, 0.5) is 0 Å². The van der Waals surface area contributed by atoms with Gasteiger partial charge in [0.05, 0.1) is 18.3 Å². The molecule has 0 aliphatic heterocycles. The minimum Gasteiger partial charge on any atom is -0.383 e. The number of benzene rings is 1. The molecule has 2 aromatic rings. The molecule has 1 heterocycles. The molecule has 0 radical (unpaired) electrons. The predicted molar refractivity (Wildman–Crippen MR) is 87.0 cm³/mol. The van der Waals surface area contributed by atoms with Crippen molar-refractivity contribution in [2.75, 3.05) is 20.3 Å². The molecule has 21 heavy (non-hydrogen) atoms. The fraction of sp³-hybridized carbons (Fsp3) is 0.471. The van der Waals surface area contributed by atoms with Crippen molar-refractivity contribution in [3.63, 3.8) is 0 Å². The summed E-state index contributed by atoms with van der Waals surface area (Å²) in [5.41, 5.74) is 3.90. The molecule has 0 saturated carbocycles. The Kier molecular flexibility index (Phi) is 4.68. The Bertz CT molecular complexity index is 587. The van der Waals surface area contributed by atoms with E-state index in [1.165, 1.54) is 39.5 Å². The maximum absolute atomic E-state index is 5.17. The fourth-order valence-electron chi connectivity index (χ4n) is 2.84. The van der Waals surface area contributed by atoms with Crippen LogP contribution in [0.2, 0.25) is 0 Å². The van der Waals surface area contributed by atoms with Gasteiger partial charge in [0.25, 0.3) is 0 Å². The Hall–Kier alpha value is -1.23. The first-order valence-electron chi connectivity index (χ1n) is 7.55. The third kappa shape index (κ3) is 3.34. The smallest absolute Gasteiger partial charge is 0.115 e. The summed E-state index contributed by atoms with van der Waals surface area (Å²) in [6, 6.07) is 8.87. The van der Waals surface area contributed by atoms with Crippen molar-refractivity contribution < 1.29 is 4.74 Å². The van der Waals surface area contributed by atoms with Crippen molar-refractivity contribution in [2.45, 2.75) is 32.2 Å². The minimum atomic E-state index is 0.177. The van der Waals surface area contributed by atoms with E-state index in [-0.39, 0.29) is 6.04 Å². The number of methoxy groups -OCH3 is 1. The van der Waals surface area contributed by atoms with Gasteiger partial charge in [0, 0.05) is 18.5 Å². The van der Waals surface area contributed by atoms with E-state index in [1.54, 1.807) is 7.11 Å². The average molecular weight is 302 g/mol. The first-order valence-corrected chi connectivity index (χ1v) is 8.37. The van der Waals surface area contributed by atoms with Crippen LogP contribution in [0.15, 0.2) is 24.3 Å². The van der Waals surface area contributed by atoms with Gasteiger partial charge in [-0.25, -0.2) is 4.98 Å². The molecule has 1 aromatic carbocycles. The van der Waals surface area contributed by atoms with E-state index >= 15 is 0 Å². The summed E-state index contributed by atoms with van der Waals surface area (Å²) in [5, 5.41) is 4.79. The summed E-state index contributed by atoms with van der Waals surface area (Å²) in [6.45, 7) is 3.68. The Morgan fingerprint density at radius 3 is 3.05 bits per heavy atom. The van der Waals surface area contributed by atoms with Gasteiger partial charge in [-0.1, -0.05) is 29.8 Å². The number of fused-ring (bicyclic) bond motifs is 1. The van der Waals surface area contributed by atoms with E-state index in [2.05, 4.69) is 36.5 Å². The second kappa shape index (κ2) is 6.69. The maximum atomic E-state index is 5.17. The van der Waals surface area contributed by atoms with Gasteiger partial charge in [0.15, 0.2) is 0 Å². The lowest BCUT2D eigenvalue weighted by Crippen LogP contribution is -2.26. The monoisotopic (exact) mass is 302 g/mol. The summed E-state index contributed by atoms with van der Waals surface area (Å²) < 4.78 is 5.17. The van der Waals surface area contributed by atoms with Crippen molar-refractivity contribution in [3.05, 3.63) is 51.0 Å². The maximum Gasteiger partial charge on any atom is 0.115 e. The molecule has 1 unspecified atom stereocenters. The summed E-state index contributed by atoms with van der Waals surface area (Å²) in [4.78, 5) is 6.37. The van der Waals surface area contributed by atoms with Crippen molar-refractivity contribution in [1.29, 1.82) is 0 Å². The Labute approximate surface area is 130 Å². The van der Waals surface area contributed by atoms with E-state index in [9.17, 15) is 0 Å². The molecular formula is C17H22N2OS. The zero-order valence-electron chi connectivity index (χ0n) is 12.7. The number of nitrogens with one attached hydrogen (secondary N) is 1. The predicted octanol–water partition coefficient (Wildman–Crippen LogP) is 3.27. The van der Waals surface area contributed by atoms with Crippen molar-refractivity contribution in [1.82, 2.24) is 10.3 Å². The van der Waals surface area contributed by atoms with Crippen molar-refractivity contribution in [3.8, 4) is 0 Å². The molecule has 0 amide bonds. The highest BCUT2D eigenvalue weighted by molar-refractivity contribution is 7.11. The van der Waals surface area contributed by atoms with Gasteiger partial charge >= 0.3 is 0 Å². The fourth-order valence-corrected chi connectivity index (χ4v) is 4.09. The number of aromatic nitrogens is 1. The largest absolute Gasteiger partial charge is 0.383 e. The lowest BCUT2D eigenvalue weighted by atomic mass is 10.0. The first-order chi connectivity index (χ1) is 10.3. The minimum absolute atomic E-state index is 0.177. The van der Waals surface area contributed by atoms with E-state index in [1.807, 2.05) is 11.3 Å². The van der Waals surface area contributed by atoms with Crippen LogP contribution in [0.3, 0.4) is 0 Å². The zero-order valence-corrected chi connectivity index (χ0v) is 13.5. The molecule has 0 spiro atoms. The summed E-state index contributed by atoms with van der Waals surface area (Å²) >= 11 is 1.87. The van der Waals surface area contributed by atoms with Crippen LogP contribution in [0, 0.1) is 6.92 Å². The summed E-state index contributed by atoms with van der Waals surface area (Å²) in [6.07, 6.45) is 3.61. The molecule has 1 N–H and O–H groups in total. The number of rotatable bonds is 6. The lowest BCUT2D eigenvalue weighted by molar-refractivity contribution is 0.197. The van der Waals surface area contributed by atoms with Gasteiger partial charge in [-0.15, -0.1) is 11.3 Å². The molecule has 1 atom stereocenters. The highest BCUT2D eigenvalue weighted by Crippen LogP contribution is 2.33. The normalized spacial score (nSPS) is 15.1. The number of hydrogen-bond acceptors (Lipinski definition) is 4. The SMILES string of the molecule is COCCNC(c1cccc(C)c1)c1nc2c(s1)CCC2. The van der Waals surface area contributed by atoms with Crippen molar-refractivity contribution in [2.24, 2.45) is 0 Å². The number of nitrogens with zero attached hydrogens (tertiary/aromatic N) is 1. The topological polar surface area (TPSA) is 34.1 Å². The molecule has 0 fully saturated rings. The number of ether oxygens (including phenoxy) is 1. The molecule has 1 aliphatic rings. The van der Waals surface area contributed by atoms with Crippen LogP contribution >= 0.6 is 11.3 Å². The van der Waals surface area contributed by atoms with Gasteiger partial charge < -0.3 is 10.1 Å². The molecule has 112 valence electrons. The lowest BCUT2D eigenvalue weighted by Gasteiger charge is -2.17. The van der Waals surface area contributed by atoms with Crippen LogP contribution in [0.25, 0.3) is 0 Å². The van der Waals surface area contributed by atoms with Crippen LogP contribution in [0.1, 0.15) is 39.2 Å². The van der Waals surface area contributed by atoms with E-state index in [0.717, 1.165) is 13.0 Å². The summed E-state index contributed by atoms with van der Waals surface area (Å²) in [7, 11) is 1.74. The molecule has 1 aromatic heterocycles. The summed E-state index contributed by atoms with van der Waals surface area (Å²) in [5.74, 6) is 0. The van der Waals surface area contributed by atoms with Crippen LogP contribution in [-0.4, -0.2) is 25.2 Å². The van der Waals surface area contributed by atoms with Gasteiger partial charge in [-0.3, -0.25) is 0 Å². The molecule has 0 bridgehead atoms. The first kappa shape index (κ1) is 14.7. The van der Waals surface area contributed by atoms with E-state index in [4.69, 9.17) is 9.72 Å². The third-order valence-electron chi connectivity index (χ3n) is 3.89. The van der Waals surface area contributed by atoms with E-state index < -0.39 is 0 Å². The van der Waals surface area contributed by atoms with Crippen molar-refractivity contribution >= 4 is 11.3 Å². The standard InChI is InChI=1S/C17H22N2OS/c1-12-5-3-6-13(11-12)16(18-9-10-20-2)17-19-14-7-4-8-15(14)21-17/h3,5-6,11,16,18H,4,7-10H2,1-2H3. The Morgan fingerprint density at radius 2 is 2.29 bits per heavy atom. The molecule has 4 heteroatoms. The zero-order chi connectivity index (χ0) is 14.7. The molecule has 1 aliphatic carbocycles. The molecular weight excluding hydrogens is 280 g/mol. The molecule has 0 saturated heterocycles. The van der Waals surface area contributed by atoms with Gasteiger partial charge in [0.2, 0.25) is 0 Å². The van der Waals surface area contributed by atoms with E-state index in [0.29, 0.717) is 6.61 Å². The Balaban J connectivity index is 1.87. The molecule has 3 nitrogen and oxygen atoms in total. The highest BCUT2D eigenvalue weighted by Gasteiger charge is 2.23. The van der Waals surface area contributed by atoms with Gasteiger partial charge in [-0.2, -0.15) is 0 Å². The van der Waals surface area contributed by atoms with Crippen LogP contribution in [-0.2, 0) is 17.6 Å². The van der Waals surface area contributed by atoms with Gasteiger partial charge in [-0.05, 0) is 31.7 Å². The van der Waals surface area contributed by atoms with Gasteiger partial charge in [0.1, 0.15) is 5.01 Å². The number of hydrogen-bond donors (Lipinski definition) is 1.